The molecule has 1 saturated carbocycles. The van der Waals surface area contributed by atoms with Crippen LogP contribution in [0.2, 0.25) is 0 Å². The Bertz CT molecular complexity index is 558. The molecule has 2 saturated heterocycles. The molecule has 3 aliphatic rings. The van der Waals surface area contributed by atoms with Gasteiger partial charge in [-0.2, -0.15) is 0 Å². The van der Waals surface area contributed by atoms with Crippen LogP contribution in [0, 0.1) is 0 Å². The minimum absolute atomic E-state index is 0.00598. The predicted molar refractivity (Wildman–Crippen MR) is 89.7 cm³/mol. The maximum absolute atomic E-state index is 12.7. The maximum Gasteiger partial charge on any atom is 0.318 e. The molecule has 3 heterocycles. The highest BCUT2D eigenvalue weighted by molar-refractivity contribution is 5.75. The molecule has 1 N–H and O–H groups in total. The number of hydrogen-bond acceptors (Lipinski definition) is 4. The van der Waals surface area contributed by atoms with Gasteiger partial charge in [-0.25, -0.2) is 4.79 Å². The Hall–Kier alpha value is -1.53. The molecule has 2 amide bonds. The van der Waals surface area contributed by atoms with E-state index in [0.717, 1.165) is 31.8 Å². The van der Waals surface area contributed by atoms with Crippen molar-refractivity contribution in [3.05, 3.63) is 24.2 Å². The summed E-state index contributed by atoms with van der Waals surface area (Å²) in [4.78, 5) is 17.2. The fourth-order valence-corrected chi connectivity index (χ4v) is 3.98. The topological polar surface area (TPSA) is 58.0 Å². The molecule has 0 bridgehead atoms. The van der Waals surface area contributed by atoms with Crippen molar-refractivity contribution in [2.45, 2.75) is 56.8 Å². The van der Waals surface area contributed by atoms with Crippen molar-refractivity contribution >= 4 is 6.03 Å². The summed E-state index contributed by atoms with van der Waals surface area (Å²) >= 11 is 0. The quantitative estimate of drug-likeness (QED) is 0.899. The van der Waals surface area contributed by atoms with Gasteiger partial charge in [0.05, 0.1) is 25.0 Å². The fraction of sp³-hybridized carbons (Fsp3) is 0.722. The van der Waals surface area contributed by atoms with Crippen molar-refractivity contribution in [3.63, 3.8) is 0 Å². The van der Waals surface area contributed by atoms with Crippen LogP contribution in [0.25, 0.3) is 0 Å². The van der Waals surface area contributed by atoms with Gasteiger partial charge in [-0.15, -0.1) is 0 Å². The van der Waals surface area contributed by atoms with Crippen LogP contribution in [0.4, 0.5) is 4.79 Å². The van der Waals surface area contributed by atoms with E-state index in [2.05, 4.69) is 10.2 Å². The number of fused-ring (bicyclic) bond motifs is 1. The van der Waals surface area contributed by atoms with E-state index in [0.29, 0.717) is 18.6 Å². The zero-order valence-electron chi connectivity index (χ0n) is 14.3. The summed E-state index contributed by atoms with van der Waals surface area (Å²) in [6, 6.07) is 4.69. The Morgan fingerprint density at radius 2 is 2.33 bits per heavy atom. The summed E-state index contributed by atoms with van der Waals surface area (Å²) in [6.07, 6.45) is 6.43. The van der Waals surface area contributed by atoms with Gasteiger partial charge >= 0.3 is 6.03 Å². The molecule has 1 aliphatic carbocycles. The SMILES string of the molecule is C[C@H](c1ccco1)N(C(=O)NC[C@@H]1CN2CCC[C@@H]2CO1)C1CC1. The van der Waals surface area contributed by atoms with Crippen LogP contribution < -0.4 is 5.32 Å². The highest BCUT2D eigenvalue weighted by Gasteiger charge is 2.38. The minimum atomic E-state index is -0.0391. The highest BCUT2D eigenvalue weighted by atomic mass is 16.5. The maximum atomic E-state index is 12.7. The van der Waals surface area contributed by atoms with E-state index in [1.165, 1.54) is 19.4 Å². The molecular weight excluding hydrogens is 306 g/mol. The second-order valence-corrected chi connectivity index (χ2v) is 7.26. The molecule has 0 unspecified atom stereocenters. The molecule has 4 rings (SSSR count). The monoisotopic (exact) mass is 333 g/mol. The van der Waals surface area contributed by atoms with E-state index in [1.54, 1.807) is 6.26 Å². The van der Waals surface area contributed by atoms with Gasteiger partial charge in [-0.1, -0.05) is 0 Å². The third-order valence-electron chi connectivity index (χ3n) is 5.49. The van der Waals surface area contributed by atoms with Crippen molar-refractivity contribution in [1.29, 1.82) is 0 Å². The molecular formula is C18H27N3O3. The van der Waals surface area contributed by atoms with Crippen LogP contribution >= 0.6 is 0 Å². The first-order valence-corrected chi connectivity index (χ1v) is 9.17. The van der Waals surface area contributed by atoms with E-state index in [-0.39, 0.29) is 18.2 Å². The van der Waals surface area contributed by atoms with Gasteiger partial charge in [-0.3, -0.25) is 4.90 Å². The van der Waals surface area contributed by atoms with Crippen LogP contribution in [-0.2, 0) is 4.74 Å². The van der Waals surface area contributed by atoms with Crippen LogP contribution in [-0.4, -0.2) is 60.3 Å². The average Bonchev–Trinajstić information content (AvgIpc) is 3.10. The number of hydrogen-bond donors (Lipinski definition) is 1. The van der Waals surface area contributed by atoms with Gasteiger partial charge in [-0.05, 0) is 51.3 Å². The van der Waals surface area contributed by atoms with Crippen LogP contribution in [0.1, 0.15) is 44.4 Å². The molecule has 2 aliphatic heterocycles. The number of carbonyl (C=O) groups excluding carboxylic acids is 1. The largest absolute Gasteiger partial charge is 0.467 e. The van der Waals surface area contributed by atoms with Crippen molar-refractivity contribution in [3.8, 4) is 0 Å². The van der Waals surface area contributed by atoms with Gasteiger partial charge in [0, 0.05) is 25.2 Å². The number of nitrogens with one attached hydrogen (secondary N) is 1. The van der Waals surface area contributed by atoms with Crippen LogP contribution in [0.3, 0.4) is 0 Å². The minimum Gasteiger partial charge on any atom is -0.467 e. The summed E-state index contributed by atoms with van der Waals surface area (Å²) in [7, 11) is 0. The first-order valence-electron chi connectivity index (χ1n) is 9.17. The number of carbonyl (C=O) groups is 1. The summed E-state index contributed by atoms with van der Waals surface area (Å²) < 4.78 is 11.4. The number of ether oxygens (including phenoxy) is 1. The van der Waals surface area contributed by atoms with Gasteiger partial charge in [0.15, 0.2) is 0 Å². The Labute approximate surface area is 143 Å². The lowest BCUT2D eigenvalue weighted by Gasteiger charge is -2.36. The molecule has 1 aromatic heterocycles. The molecule has 0 aromatic carbocycles. The third-order valence-corrected chi connectivity index (χ3v) is 5.49. The summed E-state index contributed by atoms with van der Waals surface area (Å²) in [5, 5.41) is 3.09. The highest BCUT2D eigenvalue weighted by Crippen LogP contribution is 2.34. The molecule has 3 fully saturated rings. The molecule has 0 radical (unpaired) electrons. The predicted octanol–water partition coefficient (Wildman–Crippen LogP) is 2.38. The molecule has 1 aromatic rings. The second kappa shape index (κ2) is 6.76. The number of furan rings is 1. The molecule has 132 valence electrons. The van der Waals surface area contributed by atoms with E-state index in [1.807, 2.05) is 24.0 Å². The van der Waals surface area contributed by atoms with Crippen LogP contribution in [0.15, 0.2) is 22.8 Å². The van der Waals surface area contributed by atoms with Crippen molar-refractivity contribution in [2.24, 2.45) is 0 Å². The van der Waals surface area contributed by atoms with Crippen molar-refractivity contribution in [1.82, 2.24) is 15.1 Å². The summed E-state index contributed by atoms with van der Waals surface area (Å²) in [6.45, 7) is 5.51. The Morgan fingerprint density at radius 3 is 3.08 bits per heavy atom. The van der Waals surface area contributed by atoms with Crippen molar-refractivity contribution in [2.75, 3.05) is 26.2 Å². The van der Waals surface area contributed by atoms with E-state index in [9.17, 15) is 4.79 Å². The Morgan fingerprint density at radius 1 is 1.46 bits per heavy atom. The first-order chi connectivity index (χ1) is 11.7. The number of nitrogens with zero attached hydrogens (tertiary/aromatic N) is 2. The number of rotatable bonds is 5. The standard InChI is InChI=1S/C18H27N3O3/c1-13(17-5-3-9-23-17)21(14-6-7-14)18(22)19-10-16-11-20-8-2-4-15(20)12-24-16/h3,5,9,13-16H,2,4,6-8,10-12H2,1H3,(H,19,22)/t13-,15-,16-/m1/s1. The van der Waals surface area contributed by atoms with E-state index in [4.69, 9.17) is 9.15 Å². The van der Waals surface area contributed by atoms with Gasteiger partial charge < -0.3 is 19.4 Å². The number of urea groups is 1. The molecule has 6 heteroatoms. The van der Waals surface area contributed by atoms with E-state index >= 15 is 0 Å². The molecule has 0 spiro atoms. The number of morpholine rings is 1. The first kappa shape index (κ1) is 16.0. The lowest BCUT2D eigenvalue weighted by Crippen LogP contribution is -2.52. The average molecular weight is 333 g/mol. The van der Waals surface area contributed by atoms with Gasteiger partial charge in [0.1, 0.15) is 5.76 Å². The lowest BCUT2D eigenvalue weighted by molar-refractivity contribution is -0.0462. The third kappa shape index (κ3) is 3.30. The zero-order valence-corrected chi connectivity index (χ0v) is 14.3. The Kier molecular flexibility index (Phi) is 4.50. The molecule has 6 nitrogen and oxygen atoms in total. The molecule has 24 heavy (non-hydrogen) atoms. The van der Waals surface area contributed by atoms with Crippen LogP contribution in [0.5, 0.6) is 0 Å². The summed E-state index contributed by atoms with van der Waals surface area (Å²) in [5.41, 5.74) is 0. The lowest BCUT2D eigenvalue weighted by atomic mass is 10.2. The fourth-order valence-electron chi connectivity index (χ4n) is 3.98. The Balaban J connectivity index is 1.32. The second-order valence-electron chi connectivity index (χ2n) is 7.26. The smallest absolute Gasteiger partial charge is 0.318 e. The van der Waals surface area contributed by atoms with E-state index < -0.39 is 0 Å². The summed E-state index contributed by atoms with van der Waals surface area (Å²) in [5.74, 6) is 0.839. The number of amides is 2. The zero-order chi connectivity index (χ0) is 16.5. The van der Waals surface area contributed by atoms with Gasteiger partial charge in [0.2, 0.25) is 0 Å². The van der Waals surface area contributed by atoms with Gasteiger partial charge in [0.25, 0.3) is 0 Å². The molecule has 3 atom stereocenters. The normalized spacial score (nSPS) is 28.4. The van der Waals surface area contributed by atoms with Crippen molar-refractivity contribution < 1.29 is 13.9 Å².